The standard InChI is InChI=1S/C15H21Cl/c1-3-12-4-6-13(7-5-12)10-14-8-9-15(16)11(14)2/h4-7,11,14-15H,3,8-10H2,1-2H3. The summed E-state index contributed by atoms with van der Waals surface area (Å²) in [6, 6.07) is 9.08. The molecule has 88 valence electrons. The van der Waals surface area contributed by atoms with Crippen molar-refractivity contribution in [1.82, 2.24) is 0 Å². The van der Waals surface area contributed by atoms with E-state index < -0.39 is 0 Å². The molecule has 0 bridgehead atoms. The maximum absolute atomic E-state index is 6.27. The van der Waals surface area contributed by atoms with Crippen molar-refractivity contribution in [2.45, 2.75) is 44.9 Å². The van der Waals surface area contributed by atoms with Gasteiger partial charge in [0.15, 0.2) is 0 Å². The molecule has 0 radical (unpaired) electrons. The van der Waals surface area contributed by atoms with E-state index >= 15 is 0 Å². The van der Waals surface area contributed by atoms with Crippen LogP contribution in [0.2, 0.25) is 0 Å². The van der Waals surface area contributed by atoms with Crippen molar-refractivity contribution >= 4 is 11.6 Å². The first-order valence-electron chi connectivity index (χ1n) is 6.42. The Hall–Kier alpha value is -0.490. The topological polar surface area (TPSA) is 0 Å². The second-order valence-electron chi connectivity index (χ2n) is 5.09. The molecule has 0 heterocycles. The van der Waals surface area contributed by atoms with Crippen molar-refractivity contribution < 1.29 is 0 Å². The molecule has 1 aliphatic rings. The van der Waals surface area contributed by atoms with Crippen LogP contribution in [0.1, 0.15) is 37.8 Å². The minimum Gasteiger partial charge on any atom is -0.123 e. The van der Waals surface area contributed by atoms with Crippen LogP contribution in [0.3, 0.4) is 0 Å². The molecule has 3 unspecified atom stereocenters. The van der Waals surface area contributed by atoms with Gasteiger partial charge < -0.3 is 0 Å². The van der Waals surface area contributed by atoms with Gasteiger partial charge >= 0.3 is 0 Å². The van der Waals surface area contributed by atoms with Crippen LogP contribution in [0.25, 0.3) is 0 Å². The van der Waals surface area contributed by atoms with Gasteiger partial charge in [-0.15, -0.1) is 11.6 Å². The summed E-state index contributed by atoms with van der Waals surface area (Å²) in [6.45, 7) is 4.50. The lowest BCUT2D eigenvalue weighted by molar-refractivity contribution is 0.420. The van der Waals surface area contributed by atoms with Crippen molar-refractivity contribution in [1.29, 1.82) is 0 Å². The number of alkyl halides is 1. The summed E-state index contributed by atoms with van der Waals surface area (Å²) in [5, 5.41) is 0.403. The van der Waals surface area contributed by atoms with Crippen LogP contribution < -0.4 is 0 Å². The van der Waals surface area contributed by atoms with Crippen molar-refractivity contribution in [3.05, 3.63) is 35.4 Å². The highest BCUT2D eigenvalue weighted by Crippen LogP contribution is 2.37. The molecule has 0 spiro atoms. The summed E-state index contributed by atoms with van der Waals surface area (Å²) in [4.78, 5) is 0. The van der Waals surface area contributed by atoms with E-state index in [4.69, 9.17) is 11.6 Å². The lowest BCUT2D eigenvalue weighted by Gasteiger charge is -2.17. The first-order chi connectivity index (χ1) is 7.70. The van der Waals surface area contributed by atoms with Crippen molar-refractivity contribution in [2.24, 2.45) is 11.8 Å². The molecule has 0 aromatic heterocycles. The Bertz CT molecular complexity index is 328. The second-order valence-corrected chi connectivity index (χ2v) is 5.65. The first-order valence-corrected chi connectivity index (χ1v) is 6.86. The van der Waals surface area contributed by atoms with Gasteiger partial charge in [0.2, 0.25) is 0 Å². The quantitative estimate of drug-likeness (QED) is 0.681. The molecule has 1 aromatic carbocycles. The number of aryl methyl sites for hydroxylation is 1. The minimum absolute atomic E-state index is 0.403. The number of rotatable bonds is 3. The second kappa shape index (κ2) is 5.23. The Morgan fingerprint density at radius 1 is 1.12 bits per heavy atom. The summed E-state index contributed by atoms with van der Waals surface area (Å²) >= 11 is 6.27. The maximum Gasteiger partial charge on any atom is 0.0364 e. The molecule has 0 amide bonds. The van der Waals surface area contributed by atoms with Gasteiger partial charge in [0.05, 0.1) is 0 Å². The highest BCUT2D eigenvalue weighted by Gasteiger charge is 2.30. The molecule has 0 nitrogen and oxygen atoms in total. The summed E-state index contributed by atoms with van der Waals surface area (Å²) in [5.74, 6) is 1.46. The summed E-state index contributed by atoms with van der Waals surface area (Å²) in [5.41, 5.74) is 2.90. The van der Waals surface area contributed by atoms with Gasteiger partial charge in [0, 0.05) is 5.38 Å². The normalized spacial score (nSPS) is 29.6. The number of hydrogen-bond donors (Lipinski definition) is 0. The molecule has 1 aromatic rings. The predicted molar refractivity (Wildman–Crippen MR) is 71.1 cm³/mol. The Balaban J connectivity index is 1.98. The lowest BCUT2D eigenvalue weighted by Crippen LogP contribution is -2.13. The lowest BCUT2D eigenvalue weighted by atomic mass is 9.90. The summed E-state index contributed by atoms with van der Waals surface area (Å²) in [7, 11) is 0. The van der Waals surface area contributed by atoms with Crippen LogP contribution in [0.15, 0.2) is 24.3 Å². The molecular weight excluding hydrogens is 216 g/mol. The Morgan fingerprint density at radius 2 is 1.75 bits per heavy atom. The molecule has 0 aliphatic heterocycles. The molecule has 16 heavy (non-hydrogen) atoms. The van der Waals surface area contributed by atoms with Gasteiger partial charge in [0.1, 0.15) is 0 Å². The summed E-state index contributed by atoms with van der Waals surface area (Å²) in [6.07, 6.45) is 4.82. The van der Waals surface area contributed by atoms with Crippen molar-refractivity contribution in [3.8, 4) is 0 Å². The highest BCUT2D eigenvalue weighted by atomic mass is 35.5. The third kappa shape index (κ3) is 2.60. The molecule has 2 rings (SSSR count). The van der Waals surface area contributed by atoms with Crippen LogP contribution >= 0.6 is 11.6 Å². The zero-order valence-electron chi connectivity index (χ0n) is 10.2. The Labute approximate surface area is 104 Å². The SMILES string of the molecule is CCc1ccc(CC2CCC(Cl)C2C)cc1. The molecule has 1 fully saturated rings. The van der Waals surface area contributed by atoms with E-state index in [0.29, 0.717) is 11.3 Å². The van der Waals surface area contributed by atoms with E-state index in [1.165, 1.54) is 30.4 Å². The molecule has 3 atom stereocenters. The van der Waals surface area contributed by atoms with Crippen LogP contribution in [0.4, 0.5) is 0 Å². The number of hydrogen-bond acceptors (Lipinski definition) is 0. The third-order valence-electron chi connectivity index (χ3n) is 4.06. The van der Waals surface area contributed by atoms with E-state index in [9.17, 15) is 0 Å². The van der Waals surface area contributed by atoms with Crippen LogP contribution in [-0.4, -0.2) is 5.38 Å². The Kier molecular flexibility index (Phi) is 3.91. The fraction of sp³-hybridized carbons (Fsp3) is 0.600. The fourth-order valence-electron chi connectivity index (χ4n) is 2.70. The van der Waals surface area contributed by atoms with Crippen LogP contribution in [0, 0.1) is 11.8 Å². The monoisotopic (exact) mass is 236 g/mol. The fourth-order valence-corrected chi connectivity index (χ4v) is 3.03. The smallest absolute Gasteiger partial charge is 0.0364 e. The molecular formula is C15H21Cl. The third-order valence-corrected chi connectivity index (χ3v) is 4.67. The number of halogens is 1. The maximum atomic E-state index is 6.27. The first kappa shape index (κ1) is 12.0. The predicted octanol–water partition coefficient (Wildman–Crippen LogP) is 4.45. The van der Waals surface area contributed by atoms with Crippen molar-refractivity contribution in [2.75, 3.05) is 0 Å². The zero-order valence-corrected chi connectivity index (χ0v) is 11.0. The van der Waals surface area contributed by atoms with E-state index in [1.54, 1.807) is 0 Å². The molecule has 1 saturated carbocycles. The van der Waals surface area contributed by atoms with E-state index in [2.05, 4.69) is 38.1 Å². The Morgan fingerprint density at radius 3 is 2.25 bits per heavy atom. The van der Waals surface area contributed by atoms with E-state index in [1.807, 2.05) is 0 Å². The average Bonchev–Trinajstić information content (AvgIpc) is 2.62. The summed E-state index contributed by atoms with van der Waals surface area (Å²) < 4.78 is 0. The minimum atomic E-state index is 0.403. The van der Waals surface area contributed by atoms with Gasteiger partial charge in [-0.05, 0) is 48.6 Å². The van der Waals surface area contributed by atoms with E-state index in [0.717, 1.165) is 12.3 Å². The van der Waals surface area contributed by atoms with Gasteiger partial charge in [-0.1, -0.05) is 38.1 Å². The van der Waals surface area contributed by atoms with Gasteiger partial charge in [-0.25, -0.2) is 0 Å². The van der Waals surface area contributed by atoms with Gasteiger partial charge in [-0.3, -0.25) is 0 Å². The largest absolute Gasteiger partial charge is 0.123 e. The zero-order chi connectivity index (χ0) is 11.5. The number of benzene rings is 1. The molecule has 1 heteroatoms. The molecule has 0 saturated heterocycles. The van der Waals surface area contributed by atoms with Crippen LogP contribution in [0.5, 0.6) is 0 Å². The van der Waals surface area contributed by atoms with Gasteiger partial charge in [0.25, 0.3) is 0 Å². The molecule has 0 N–H and O–H groups in total. The van der Waals surface area contributed by atoms with E-state index in [-0.39, 0.29) is 0 Å². The van der Waals surface area contributed by atoms with Gasteiger partial charge in [-0.2, -0.15) is 0 Å². The highest BCUT2D eigenvalue weighted by molar-refractivity contribution is 6.20. The van der Waals surface area contributed by atoms with Crippen LogP contribution in [-0.2, 0) is 12.8 Å². The van der Waals surface area contributed by atoms with Crippen molar-refractivity contribution in [3.63, 3.8) is 0 Å². The average molecular weight is 237 g/mol. The molecule has 1 aliphatic carbocycles.